The molecule has 0 spiro atoms. The maximum Gasteiger partial charge on any atom is 0.109 e. The molecule has 4 nitrogen and oxygen atoms in total. The van der Waals surface area contributed by atoms with Gasteiger partial charge in [-0.3, -0.25) is 0 Å². The van der Waals surface area contributed by atoms with E-state index in [1.165, 1.54) is 0 Å². The lowest BCUT2D eigenvalue weighted by Gasteiger charge is -2.15. The Morgan fingerprint density at radius 3 is 2.67 bits per heavy atom. The fourth-order valence-corrected chi connectivity index (χ4v) is 2.88. The maximum absolute atomic E-state index is 10.3. The molecule has 5 heteroatoms. The average Bonchev–Trinajstić information content (AvgIpc) is 2.94. The van der Waals surface area contributed by atoms with Crippen LogP contribution in [0.15, 0.2) is 48.5 Å². The van der Waals surface area contributed by atoms with Gasteiger partial charge in [0.2, 0.25) is 0 Å². The first-order valence-electron chi connectivity index (χ1n) is 8.11. The molecule has 0 saturated heterocycles. The number of fused-ring (bicyclic) bond motifs is 1. The number of benzene rings is 2. The van der Waals surface area contributed by atoms with E-state index in [-0.39, 0.29) is 6.61 Å². The number of rotatable bonds is 7. The Bertz CT molecular complexity index is 799. The number of aliphatic hydroxyl groups is 1. The Morgan fingerprint density at radius 2 is 1.92 bits per heavy atom. The third kappa shape index (κ3) is 3.96. The highest BCUT2D eigenvalue weighted by Gasteiger charge is 2.13. The van der Waals surface area contributed by atoms with Crippen molar-refractivity contribution in [2.75, 3.05) is 6.61 Å². The lowest BCUT2D eigenvalue weighted by molar-refractivity contribution is 0.0205. The molecule has 0 aliphatic rings. The lowest BCUT2D eigenvalue weighted by atomic mass is 10.2. The van der Waals surface area contributed by atoms with Gasteiger partial charge in [-0.25, -0.2) is 4.98 Å². The highest BCUT2D eigenvalue weighted by Crippen LogP contribution is 2.17. The first kappa shape index (κ1) is 17.0. The van der Waals surface area contributed by atoms with Crippen LogP contribution in [0.1, 0.15) is 18.3 Å². The zero-order valence-electron chi connectivity index (χ0n) is 13.7. The fourth-order valence-electron chi connectivity index (χ4n) is 2.76. The van der Waals surface area contributed by atoms with E-state index in [1.807, 2.05) is 48.5 Å². The summed E-state index contributed by atoms with van der Waals surface area (Å²) in [6, 6.07) is 15.5. The molecule has 0 aliphatic heterocycles. The number of nitrogens with zero attached hydrogens (tertiary/aromatic N) is 2. The molecule has 1 unspecified atom stereocenters. The summed E-state index contributed by atoms with van der Waals surface area (Å²) >= 11 is 5.86. The van der Waals surface area contributed by atoms with Crippen LogP contribution in [0.4, 0.5) is 0 Å². The summed E-state index contributed by atoms with van der Waals surface area (Å²) in [5.41, 5.74) is 3.05. The predicted octanol–water partition coefficient (Wildman–Crippen LogP) is 3.83. The summed E-state index contributed by atoms with van der Waals surface area (Å²) in [4.78, 5) is 4.62. The Hall–Kier alpha value is -1.88. The number of aromatic nitrogens is 2. The van der Waals surface area contributed by atoms with Crippen molar-refractivity contribution in [1.82, 2.24) is 9.55 Å². The molecule has 1 aromatic heterocycles. The molecule has 0 bridgehead atoms. The van der Waals surface area contributed by atoms with Gasteiger partial charge in [-0.15, -0.1) is 0 Å². The van der Waals surface area contributed by atoms with Gasteiger partial charge < -0.3 is 14.4 Å². The first-order valence-corrected chi connectivity index (χ1v) is 8.49. The standard InChI is InChI=1S/C19H21ClN2O2/c1-2-19-21-17-5-3-4-6-18(17)22(19)11-16(23)13-24-12-14-7-9-15(20)10-8-14/h3-10,16,23H,2,11-13H2,1H3. The molecular formula is C19H21ClN2O2. The SMILES string of the molecule is CCc1nc2ccccc2n1CC(O)COCc1ccc(Cl)cc1. The van der Waals surface area contributed by atoms with Gasteiger partial charge in [-0.05, 0) is 29.8 Å². The van der Waals surface area contributed by atoms with Crippen LogP contribution in [0.3, 0.4) is 0 Å². The number of para-hydroxylation sites is 2. The minimum atomic E-state index is -0.583. The van der Waals surface area contributed by atoms with Crippen LogP contribution in [-0.2, 0) is 24.3 Å². The molecule has 0 aliphatic carbocycles. The minimum absolute atomic E-state index is 0.276. The summed E-state index contributed by atoms with van der Waals surface area (Å²) in [5.74, 6) is 0.980. The van der Waals surface area contributed by atoms with E-state index in [1.54, 1.807) is 0 Å². The largest absolute Gasteiger partial charge is 0.389 e. The van der Waals surface area contributed by atoms with Crippen molar-refractivity contribution in [3.63, 3.8) is 0 Å². The van der Waals surface area contributed by atoms with Crippen molar-refractivity contribution in [1.29, 1.82) is 0 Å². The lowest BCUT2D eigenvalue weighted by Crippen LogP contribution is -2.23. The molecule has 0 amide bonds. The number of imidazole rings is 1. The van der Waals surface area contributed by atoms with Gasteiger partial charge in [0.05, 0.1) is 36.9 Å². The summed E-state index contributed by atoms with van der Waals surface area (Å²) < 4.78 is 7.70. The van der Waals surface area contributed by atoms with E-state index in [0.29, 0.717) is 18.2 Å². The Labute approximate surface area is 146 Å². The minimum Gasteiger partial charge on any atom is -0.389 e. The molecule has 126 valence electrons. The Balaban J connectivity index is 1.60. The topological polar surface area (TPSA) is 47.3 Å². The number of hydrogen-bond acceptors (Lipinski definition) is 3. The van der Waals surface area contributed by atoms with Crippen molar-refractivity contribution in [3.8, 4) is 0 Å². The van der Waals surface area contributed by atoms with Gasteiger partial charge in [0.25, 0.3) is 0 Å². The number of halogens is 1. The third-order valence-electron chi connectivity index (χ3n) is 3.94. The molecule has 0 saturated carbocycles. The normalized spacial score (nSPS) is 12.6. The highest BCUT2D eigenvalue weighted by atomic mass is 35.5. The van der Waals surface area contributed by atoms with Crippen molar-refractivity contribution < 1.29 is 9.84 Å². The van der Waals surface area contributed by atoms with Crippen LogP contribution in [0.2, 0.25) is 5.02 Å². The van der Waals surface area contributed by atoms with E-state index in [2.05, 4.69) is 16.5 Å². The molecule has 3 aromatic rings. The number of aliphatic hydroxyl groups excluding tert-OH is 1. The molecule has 1 N–H and O–H groups in total. The second kappa shape index (κ2) is 7.79. The zero-order chi connectivity index (χ0) is 16.9. The fraction of sp³-hybridized carbons (Fsp3) is 0.316. The Kier molecular flexibility index (Phi) is 5.51. The summed E-state index contributed by atoms with van der Waals surface area (Å²) in [5, 5.41) is 11.0. The number of hydrogen-bond donors (Lipinski definition) is 1. The van der Waals surface area contributed by atoms with Gasteiger partial charge in [-0.2, -0.15) is 0 Å². The molecule has 0 fully saturated rings. The van der Waals surface area contributed by atoms with Gasteiger partial charge >= 0.3 is 0 Å². The van der Waals surface area contributed by atoms with Crippen LogP contribution >= 0.6 is 11.6 Å². The Morgan fingerprint density at radius 1 is 1.17 bits per heavy atom. The van der Waals surface area contributed by atoms with Gasteiger partial charge in [0.1, 0.15) is 5.82 Å². The molecule has 2 aromatic carbocycles. The van der Waals surface area contributed by atoms with Crippen molar-refractivity contribution >= 4 is 22.6 Å². The van der Waals surface area contributed by atoms with E-state index < -0.39 is 6.10 Å². The predicted molar refractivity (Wildman–Crippen MR) is 96.2 cm³/mol. The van der Waals surface area contributed by atoms with E-state index >= 15 is 0 Å². The van der Waals surface area contributed by atoms with Crippen LogP contribution in [0.25, 0.3) is 11.0 Å². The monoisotopic (exact) mass is 344 g/mol. The van der Waals surface area contributed by atoms with Crippen molar-refractivity contribution in [3.05, 3.63) is 64.9 Å². The molecule has 3 rings (SSSR count). The molecule has 0 radical (unpaired) electrons. The summed E-state index contributed by atoms with van der Waals surface area (Å²) in [6.45, 7) is 3.28. The zero-order valence-corrected chi connectivity index (χ0v) is 14.4. The quantitative estimate of drug-likeness (QED) is 0.708. The second-order valence-corrected chi connectivity index (χ2v) is 6.21. The third-order valence-corrected chi connectivity index (χ3v) is 4.19. The van der Waals surface area contributed by atoms with E-state index in [4.69, 9.17) is 16.3 Å². The van der Waals surface area contributed by atoms with Crippen LogP contribution < -0.4 is 0 Å². The number of aryl methyl sites for hydroxylation is 1. The number of ether oxygens (including phenoxy) is 1. The molecule has 1 atom stereocenters. The summed E-state index contributed by atoms with van der Waals surface area (Å²) in [6.07, 6.45) is 0.243. The average molecular weight is 345 g/mol. The molecular weight excluding hydrogens is 324 g/mol. The highest BCUT2D eigenvalue weighted by molar-refractivity contribution is 6.30. The van der Waals surface area contributed by atoms with Gasteiger partial charge in [-0.1, -0.05) is 42.8 Å². The second-order valence-electron chi connectivity index (χ2n) is 5.78. The van der Waals surface area contributed by atoms with Crippen LogP contribution in [-0.4, -0.2) is 27.4 Å². The smallest absolute Gasteiger partial charge is 0.109 e. The van der Waals surface area contributed by atoms with E-state index in [0.717, 1.165) is 28.8 Å². The van der Waals surface area contributed by atoms with Crippen LogP contribution in [0.5, 0.6) is 0 Å². The molecule has 1 heterocycles. The van der Waals surface area contributed by atoms with E-state index in [9.17, 15) is 5.11 Å². The van der Waals surface area contributed by atoms with Crippen molar-refractivity contribution in [2.45, 2.75) is 32.6 Å². The summed E-state index contributed by atoms with van der Waals surface area (Å²) in [7, 11) is 0. The van der Waals surface area contributed by atoms with Gasteiger partial charge in [0, 0.05) is 11.4 Å². The van der Waals surface area contributed by atoms with Crippen LogP contribution in [0, 0.1) is 0 Å². The van der Waals surface area contributed by atoms with Crippen molar-refractivity contribution in [2.24, 2.45) is 0 Å². The first-order chi connectivity index (χ1) is 11.7. The maximum atomic E-state index is 10.3. The van der Waals surface area contributed by atoms with Gasteiger partial charge in [0.15, 0.2) is 0 Å². The molecule has 24 heavy (non-hydrogen) atoms.